The second-order valence-electron chi connectivity index (χ2n) is 7.02. The van der Waals surface area contributed by atoms with Crippen LogP contribution < -0.4 is 11.5 Å². The highest BCUT2D eigenvalue weighted by Crippen LogP contribution is 2.31. The first-order valence-electron chi connectivity index (χ1n) is 9.46. The number of oxazole rings is 1. The topological polar surface area (TPSA) is 122 Å². The van der Waals surface area contributed by atoms with Gasteiger partial charge in [-0.15, -0.1) is 0 Å². The van der Waals surface area contributed by atoms with E-state index in [0.717, 1.165) is 12.1 Å². The number of hydrogen-bond acceptors (Lipinski definition) is 7. The smallest absolute Gasteiger partial charge is 0.255 e. The van der Waals surface area contributed by atoms with Gasteiger partial charge in [-0.05, 0) is 30.3 Å². The molecule has 8 nitrogen and oxygen atoms in total. The van der Waals surface area contributed by atoms with Gasteiger partial charge in [0.05, 0.1) is 17.4 Å². The summed E-state index contributed by atoms with van der Waals surface area (Å²) >= 11 is 0. The summed E-state index contributed by atoms with van der Waals surface area (Å²) in [5.74, 6) is -4.23. The van der Waals surface area contributed by atoms with E-state index < -0.39 is 35.3 Å². The Bertz CT molecular complexity index is 1490. The monoisotopic (exact) mass is 455 g/mol. The van der Waals surface area contributed by atoms with Gasteiger partial charge in [-0.2, -0.15) is 19.7 Å². The van der Waals surface area contributed by atoms with Crippen molar-refractivity contribution in [2.75, 3.05) is 11.5 Å². The van der Waals surface area contributed by atoms with Crippen molar-refractivity contribution in [3.8, 4) is 17.4 Å². The van der Waals surface area contributed by atoms with E-state index in [1.807, 2.05) is 0 Å². The van der Waals surface area contributed by atoms with Gasteiger partial charge in [0.1, 0.15) is 35.1 Å². The number of nitrogens with zero attached hydrogens (tertiary/aromatic N) is 5. The number of nitrogens with two attached hydrogens (primary N) is 2. The van der Waals surface area contributed by atoms with Crippen molar-refractivity contribution in [3.63, 3.8) is 0 Å². The summed E-state index contributed by atoms with van der Waals surface area (Å²) in [7, 11) is 0. The molecule has 3 aromatic heterocycles. The molecule has 2 aromatic carbocycles. The number of nitrogen functional groups attached to an aromatic ring is 2. The van der Waals surface area contributed by atoms with Crippen LogP contribution in [0.2, 0.25) is 0 Å². The Morgan fingerprint density at radius 2 is 1.67 bits per heavy atom. The first-order chi connectivity index (χ1) is 15.8. The van der Waals surface area contributed by atoms with Crippen molar-refractivity contribution < 1.29 is 22.0 Å². The van der Waals surface area contributed by atoms with E-state index in [2.05, 4.69) is 20.1 Å². The van der Waals surface area contributed by atoms with Gasteiger partial charge in [0.25, 0.3) is 5.95 Å². The van der Waals surface area contributed by atoms with Gasteiger partial charge in [0.2, 0.25) is 5.89 Å². The standard InChI is InChI=1S/C21H13F4N7O/c22-9-1-4-15-11(7-9)14(8-10-12(23)2-3-13(24)17(10)25)31-32(15)21-29-18(26)16(19(27)30-21)20-28-5-6-33-20/h1-7H,8H2,(H4,26,27,29,30). The molecule has 0 amide bonds. The van der Waals surface area contributed by atoms with Gasteiger partial charge in [-0.25, -0.2) is 22.5 Å². The first kappa shape index (κ1) is 20.4. The van der Waals surface area contributed by atoms with Crippen molar-refractivity contribution in [1.29, 1.82) is 0 Å². The Balaban J connectivity index is 1.68. The van der Waals surface area contributed by atoms with Crippen LogP contribution in [0.3, 0.4) is 0 Å². The number of anilines is 2. The zero-order chi connectivity index (χ0) is 23.3. The fourth-order valence-electron chi connectivity index (χ4n) is 3.48. The molecule has 0 saturated carbocycles. The Morgan fingerprint density at radius 3 is 2.36 bits per heavy atom. The molecule has 0 aliphatic carbocycles. The molecule has 5 rings (SSSR count). The summed E-state index contributed by atoms with van der Waals surface area (Å²) in [6.45, 7) is 0. The molecular formula is C21H13F4N7O. The van der Waals surface area contributed by atoms with E-state index in [1.54, 1.807) is 0 Å². The molecule has 0 aliphatic heterocycles. The van der Waals surface area contributed by atoms with Crippen LogP contribution in [-0.2, 0) is 6.42 Å². The fraction of sp³-hybridized carbons (Fsp3) is 0.0476. The molecule has 4 N–H and O–H groups in total. The van der Waals surface area contributed by atoms with Crippen LogP contribution >= 0.6 is 0 Å². The third kappa shape index (κ3) is 3.41. The summed E-state index contributed by atoms with van der Waals surface area (Å²) in [6.07, 6.45) is 2.27. The number of fused-ring (bicyclic) bond motifs is 1. The van der Waals surface area contributed by atoms with Gasteiger partial charge in [0.15, 0.2) is 11.6 Å². The summed E-state index contributed by atoms with van der Waals surface area (Å²) < 4.78 is 62.5. The molecule has 0 unspecified atom stereocenters. The zero-order valence-corrected chi connectivity index (χ0v) is 16.6. The van der Waals surface area contributed by atoms with Crippen LogP contribution in [0.15, 0.2) is 47.2 Å². The lowest BCUT2D eigenvalue weighted by molar-refractivity contribution is 0.482. The van der Waals surface area contributed by atoms with E-state index in [9.17, 15) is 17.6 Å². The van der Waals surface area contributed by atoms with Crippen molar-refractivity contribution in [1.82, 2.24) is 24.7 Å². The van der Waals surface area contributed by atoms with Crippen LogP contribution in [-0.4, -0.2) is 24.7 Å². The third-order valence-electron chi connectivity index (χ3n) is 4.99. The van der Waals surface area contributed by atoms with Gasteiger partial charge in [-0.3, -0.25) is 0 Å². The van der Waals surface area contributed by atoms with E-state index in [0.29, 0.717) is 11.6 Å². The van der Waals surface area contributed by atoms with E-state index >= 15 is 0 Å². The second-order valence-corrected chi connectivity index (χ2v) is 7.02. The minimum absolute atomic E-state index is 0.0606. The Labute approximate surface area is 182 Å². The molecule has 33 heavy (non-hydrogen) atoms. The van der Waals surface area contributed by atoms with Gasteiger partial charge in [-0.1, -0.05) is 0 Å². The third-order valence-corrected chi connectivity index (χ3v) is 4.99. The van der Waals surface area contributed by atoms with Gasteiger partial charge >= 0.3 is 0 Å². The number of benzene rings is 2. The highest BCUT2D eigenvalue weighted by molar-refractivity contribution is 5.84. The molecule has 0 radical (unpaired) electrons. The summed E-state index contributed by atoms with van der Waals surface area (Å²) in [6, 6.07) is 5.18. The maximum absolute atomic E-state index is 14.2. The molecule has 0 fully saturated rings. The van der Waals surface area contributed by atoms with Gasteiger partial charge < -0.3 is 15.9 Å². The van der Waals surface area contributed by atoms with Crippen LogP contribution in [0.5, 0.6) is 0 Å². The van der Waals surface area contributed by atoms with Gasteiger partial charge in [0, 0.05) is 17.4 Å². The van der Waals surface area contributed by atoms with Crippen LogP contribution in [0.25, 0.3) is 28.3 Å². The summed E-state index contributed by atoms with van der Waals surface area (Å²) in [5, 5.41) is 4.52. The Morgan fingerprint density at radius 1 is 0.939 bits per heavy atom. The number of aromatic nitrogens is 5. The maximum atomic E-state index is 14.2. The normalized spacial score (nSPS) is 11.4. The largest absolute Gasteiger partial charge is 0.444 e. The number of halogens is 4. The second kappa shape index (κ2) is 7.58. The average Bonchev–Trinajstić information content (AvgIpc) is 3.42. The van der Waals surface area contributed by atoms with Crippen molar-refractivity contribution >= 4 is 22.5 Å². The van der Waals surface area contributed by atoms with Crippen LogP contribution in [0, 0.1) is 23.3 Å². The average molecular weight is 455 g/mol. The predicted octanol–water partition coefficient (Wildman–Crippen LogP) is 3.78. The molecule has 0 atom stereocenters. The highest BCUT2D eigenvalue weighted by atomic mass is 19.2. The SMILES string of the molecule is Nc1nc(-n2nc(Cc3c(F)ccc(F)c3F)c3cc(F)ccc32)nc(N)c1-c1ncco1. The first-order valence-corrected chi connectivity index (χ1v) is 9.46. The van der Waals surface area contributed by atoms with E-state index in [1.165, 1.54) is 29.3 Å². The van der Waals surface area contributed by atoms with E-state index in [-0.39, 0.29) is 40.1 Å². The molecule has 0 aliphatic rings. The lowest BCUT2D eigenvalue weighted by atomic mass is 10.1. The summed E-state index contributed by atoms with van der Waals surface area (Å²) in [4.78, 5) is 12.3. The minimum atomic E-state index is -1.35. The lowest BCUT2D eigenvalue weighted by Gasteiger charge is -2.08. The Hall–Kier alpha value is -4.48. The van der Waals surface area contributed by atoms with Crippen molar-refractivity contribution in [2.24, 2.45) is 0 Å². The predicted molar refractivity (Wildman–Crippen MR) is 110 cm³/mol. The Kier molecular flexibility index (Phi) is 4.69. The van der Waals surface area contributed by atoms with Crippen molar-refractivity contribution in [2.45, 2.75) is 6.42 Å². The summed E-state index contributed by atoms with van der Waals surface area (Å²) in [5.41, 5.74) is 12.1. The van der Waals surface area contributed by atoms with Crippen LogP contribution in [0.1, 0.15) is 11.3 Å². The zero-order valence-electron chi connectivity index (χ0n) is 16.6. The molecule has 166 valence electrons. The van der Waals surface area contributed by atoms with E-state index in [4.69, 9.17) is 15.9 Å². The quantitative estimate of drug-likeness (QED) is 0.312. The molecule has 0 bridgehead atoms. The van der Waals surface area contributed by atoms with Crippen molar-refractivity contribution in [3.05, 3.63) is 77.3 Å². The number of rotatable bonds is 4. The molecule has 12 heteroatoms. The van der Waals surface area contributed by atoms with Crippen LogP contribution in [0.4, 0.5) is 29.2 Å². The lowest BCUT2D eigenvalue weighted by Crippen LogP contribution is -2.10. The molecule has 0 spiro atoms. The molecule has 5 aromatic rings. The molecule has 0 saturated heterocycles. The fourth-order valence-corrected chi connectivity index (χ4v) is 3.48. The highest BCUT2D eigenvalue weighted by Gasteiger charge is 2.22. The minimum Gasteiger partial charge on any atom is -0.444 e. The molecule has 3 heterocycles. The number of hydrogen-bond donors (Lipinski definition) is 2. The maximum Gasteiger partial charge on any atom is 0.255 e. The molecular weight excluding hydrogens is 442 g/mol.